The first-order chi connectivity index (χ1) is 5.88. The molecule has 0 aromatic carbocycles. The summed E-state index contributed by atoms with van der Waals surface area (Å²) in [6.45, 7) is -0.0789. The summed E-state index contributed by atoms with van der Waals surface area (Å²) in [7, 11) is -4.19. The van der Waals surface area contributed by atoms with Crippen LogP contribution >= 0.6 is 0 Å². The predicted molar refractivity (Wildman–Crippen MR) is 41.4 cm³/mol. The maximum Gasteiger partial charge on any atom is 0.321 e. The second-order valence-corrected chi connectivity index (χ2v) is 4.14. The van der Waals surface area contributed by atoms with Gasteiger partial charge in [0.1, 0.15) is 0 Å². The van der Waals surface area contributed by atoms with Crippen molar-refractivity contribution < 1.29 is 22.6 Å². The van der Waals surface area contributed by atoms with Gasteiger partial charge in [-0.05, 0) is 0 Å². The van der Waals surface area contributed by atoms with E-state index < -0.39 is 33.7 Å². The van der Waals surface area contributed by atoms with E-state index in [9.17, 15) is 18.0 Å². The normalized spacial score (nSPS) is 23.6. The molecule has 3 N–H and O–H groups in total. The van der Waals surface area contributed by atoms with Crippen molar-refractivity contribution in [2.45, 2.75) is 0 Å². The van der Waals surface area contributed by atoms with Crippen molar-refractivity contribution in [1.82, 2.24) is 10.6 Å². The zero-order valence-corrected chi connectivity index (χ0v) is 7.30. The molecule has 0 aromatic heterocycles. The number of hydrogen-bond acceptors (Lipinski definition) is 4. The highest BCUT2D eigenvalue weighted by Crippen LogP contribution is 2.03. The lowest BCUT2D eigenvalue weighted by Crippen LogP contribution is -2.53. The molecule has 0 bridgehead atoms. The first kappa shape index (κ1) is 9.93. The molecule has 1 unspecified atom stereocenters. The molecule has 1 fully saturated rings. The van der Waals surface area contributed by atoms with E-state index in [1.54, 1.807) is 0 Å². The number of nitrogens with one attached hydrogen (secondary N) is 2. The Hall–Kier alpha value is -1.15. The summed E-state index contributed by atoms with van der Waals surface area (Å²) in [5.41, 5.74) is 0. The summed E-state index contributed by atoms with van der Waals surface area (Å²) in [4.78, 5) is 21.5. The Morgan fingerprint density at radius 3 is 2.54 bits per heavy atom. The fraction of sp³-hybridized carbons (Fsp3) is 0.600. The summed E-state index contributed by atoms with van der Waals surface area (Å²) < 4.78 is 29.2. The molecule has 13 heavy (non-hydrogen) atoms. The van der Waals surface area contributed by atoms with E-state index in [1.165, 1.54) is 0 Å². The van der Waals surface area contributed by atoms with Gasteiger partial charge in [0.2, 0.25) is 5.91 Å². The van der Waals surface area contributed by atoms with E-state index in [0.717, 1.165) is 0 Å². The molecule has 0 spiro atoms. The van der Waals surface area contributed by atoms with Gasteiger partial charge in [0.05, 0.1) is 11.7 Å². The Morgan fingerprint density at radius 1 is 1.46 bits per heavy atom. The maximum atomic E-state index is 10.9. The Labute approximate surface area is 74.2 Å². The molecule has 0 aliphatic carbocycles. The maximum absolute atomic E-state index is 10.9. The predicted octanol–water partition coefficient (Wildman–Crippen LogP) is -1.67. The number of hydrogen-bond donors (Lipinski definition) is 3. The van der Waals surface area contributed by atoms with E-state index in [2.05, 4.69) is 5.32 Å². The summed E-state index contributed by atoms with van der Waals surface area (Å²) in [5, 5.41) is 4.13. The third-order valence-corrected chi connectivity index (χ3v) is 2.35. The minimum atomic E-state index is -4.19. The molecule has 1 aliphatic rings. The van der Waals surface area contributed by atoms with Gasteiger partial charge in [-0.2, -0.15) is 8.42 Å². The Balaban J connectivity index is 2.63. The van der Waals surface area contributed by atoms with Gasteiger partial charge in [0.25, 0.3) is 10.1 Å². The van der Waals surface area contributed by atoms with E-state index >= 15 is 0 Å². The smallest absolute Gasteiger partial charge is 0.321 e. The van der Waals surface area contributed by atoms with E-state index in [0.29, 0.717) is 0 Å². The van der Waals surface area contributed by atoms with Gasteiger partial charge >= 0.3 is 6.03 Å². The molecule has 0 saturated carbocycles. The van der Waals surface area contributed by atoms with Gasteiger partial charge < -0.3 is 5.32 Å². The van der Waals surface area contributed by atoms with Gasteiger partial charge in [0.15, 0.2) is 0 Å². The van der Waals surface area contributed by atoms with Crippen molar-refractivity contribution >= 4 is 22.1 Å². The van der Waals surface area contributed by atoms with E-state index in [-0.39, 0.29) is 6.54 Å². The highest BCUT2D eigenvalue weighted by Gasteiger charge is 2.29. The average Bonchev–Trinajstić information content (AvgIpc) is 1.93. The topological polar surface area (TPSA) is 113 Å². The third kappa shape index (κ3) is 2.99. The fourth-order valence-corrected chi connectivity index (χ4v) is 1.73. The Bertz CT molecular complexity index is 335. The molecule has 1 heterocycles. The number of imide groups is 1. The van der Waals surface area contributed by atoms with Gasteiger partial charge in [-0.3, -0.25) is 14.7 Å². The molecule has 1 atom stereocenters. The van der Waals surface area contributed by atoms with Crippen LogP contribution in [0.1, 0.15) is 0 Å². The van der Waals surface area contributed by atoms with Crippen LogP contribution in [0.15, 0.2) is 0 Å². The summed E-state index contributed by atoms with van der Waals surface area (Å²) in [5.74, 6) is -2.30. The van der Waals surface area contributed by atoms with E-state index in [1.807, 2.05) is 5.32 Å². The highest BCUT2D eigenvalue weighted by molar-refractivity contribution is 7.85. The van der Waals surface area contributed by atoms with Crippen LogP contribution in [0, 0.1) is 5.92 Å². The molecule has 0 aromatic rings. The largest absolute Gasteiger partial charge is 0.337 e. The molecule has 0 radical (unpaired) electrons. The van der Waals surface area contributed by atoms with Gasteiger partial charge in [-0.15, -0.1) is 0 Å². The van der Waals surface area contributed by atoms with Gasteiger partial charge in [-0.25, -0.2) is 4.79 Å². The quantitative estimate of drug-likeness (QED) is 0.469. The van der Waals surface area contributed by atoms with Crippen molar-refractivity contribution in [1.29, 1.82) is 0 Å². The summed E-state index contributed by atoms with van der Waals surface area (Å²) in [6.07, 6.45) is 0. The minimum Gasteiger partial charge on any atom is -0.337 e. The molecular formula is C5H8N2O5S. The van der Waals surface area contributed by atoms with Crippen molar-refractivity contribution in [3.63, 3.8) is 0 Å². The minimum absolute atomic E-state index is 0.0789. The second kappa shape index (κ2) is 3.30. The first-order valence-corrected chi connectivity index (χ1v) is 5.03. The van der Waals surface area contributed by atoms with Crippen LogP contribution in [0.3, 0.4) is 0 Å². The highest BCUT2D eigenvalue weighted by atomic mass is 32.2. The Morgan fingerprint density at radius 2 is 2.08 bits per heavy atom. The average molecular weight is 208 g/mol. The Kier molecular flexibility index (Phi) is 2.52. The van der Waals surface area contributed by atoms with Crippen molar-refractivity contribution in [3.05, 3.63) is 0 Å². The van der Waals surface area contributed by atoms with Crippen LogP contribution in [0.5, 0.6) is 0 Å². The number of amides is 3. The van der Waals surface area contributed by atoms with Crippen LogP contribution < -0.4 is 10.6 Å². The zero-order chi connectivity index (χ0) is 10.1. The molecule has 1 rings (SSSR count). The van der Waals surface area contributed by atoms with Crippen molar-refractivity contribution in [3.8, 4) is 0 Å². The van der Waals surface area contributed by atoms with Crippen LogP contribution in [0.25, 0.3) is 0 Å². The van der Waals surface area contributed by atoms with Crippen LogP contribution in [-0.2, 0) is 14.9 Å². The second-order valence-electron chi connectivity index (χ2n) is 2.64. The molecule has 7 nitrogen and oxygen atoms in total. The number of rotatable bonds is 2. The number of carbonyl (C=O) groups is 2. The monoisotopic (exact) mass is 208 g/mol. The van der Waals surface area contributed by atoms with Crippen LogP contribution in [0.2, 0.25) is 0 Å². The lowest BCUT2D eigenvalue weighted by molar-refractivity contribution is -0.123. The summed E-state index contributed by atoms with van der Waals surface area (Å²) in [6, 6.07) is -0.656. The summed E-state index contributed by atoms with van der Waals surface area (Å²) >= 11 is 0. The SMILES string of the molecule is O=C1NCC(CS(=O)(=O)O)C(=O)N1. The lowest BCUT2D eigenvalue weighted by atomic mass is 10.1. The van der Waals surface area contributed by atoms with Crippen molar-refractivity contribution in [2.24, 2.45) is 5.92 Å². The fourth-order valence-electron chi connectivity index (χ4n) is 0.956. The van der Waals surface area contributed by atoms with Crippen LogP contribution in [0.4, 0.5) is 4.79 Å². The molecule has 8 heteroatoms. The number of urea groups is 1. The molecular weight excluding hydrogens is 200 g/mol. The molecule has 1 saturated heterocycles. The number of carbonyl (C=O) groups excluding carboxylic acids is 2. The lowest BCUT2D eigenvalue weighted by Gasteiger charge is -2.20. The molecule has 74 valence electrons. The first-order valence-electron chi connectivity index (χ1n) is 3.42. The third-order valence-electron chi connectivity index (χ3n) is 1.53. The van der Waals surface area contributed by atoms with E-state index in [4.69, 9.17) is 4.55 Å². The van der Waals surface area contributed by atoms with Gasteiger partial charge in [0, 0.05) is 6.54 Å². The van der Waals surface area contributed by atoms with Gasteiger partial charge in [-0.1, -0.05) is 0 Å². The standard InChI is InChI=1S/C5H8N2O5S/c8-4-3(2-13(10,11)12)1-6-5(9)7-4/h3H,1-2H2,(H,10,11,12)(H2,6,7,8,9). The van der Waals surface area contributed by atoms with Crippen molar-refractivity contribution in [2.75, 3.05) is 12.3 Å². The zero-order valence-electron chi connectivity index (χ0n) is 6.48. The molecule has 1 aliphatic heterocycles. The van der Waals surface area contributed by atoms with Crippen LogP contribution in [-0.4, -0.2) is 37.2 Å². The molecule has 3 amide bonds.